The maximum absolute atomic E-state index is 6.15. The topological polar surface area (TPSA) is 18.5 Å². The van der Waals surface area contributed by atoms with Gasteiger partial charge in [-0.15, -0.1) is 0 Å². The average Bonchev–Trinajstić information content (AvgIpc) is 2.58. The van der Waals surface area contributed by atoms with Crippen molar-refractivity contribution >= 4 is 12.6 Å². The molecule has 20 heavy (non-hydrogen) atoms. The van der Waals surface area contributed by atoms with Crippen LogP contribution in [0.3, 0.4) is 0 Å². The molecule has 1 fully saturated rings. The Bertz CT molecular complexity index is 506. The molecule has 108 valence electrons. The monoisotopic (exact) mass is 272 g/mol. The van der Waals surface area contributed by atoms with Gasteiger partial charge in [0.15, 0.2) is 0 Å². The van der Waals surface area contributed by atoms with E-state index in [9.17, 15) is 0 Å². The lowest BCUT2D eigenvalue weighted by Crippen LogP contribution is -2.41. The van der Waals surface area contributed by atoms with Crippen LogP contribution >= 0.6 is 0 Å². The van der Waals surface area contributed by atoms with E-state index in [1.807, 2.05) is 0 Å². The van der Waals surface area contributed by atoms with Gasteiger partial charge in [0, 0.05) is 0 Å². The Kier molecular flexibility index (Phi) is 3.26. The van der Waals surface area contributed by atoms with Crippen LogP contribution in [0.5, 0.6) is 0 Å². The summed E-state index contributed by atoms with van der Waals surface area (Å²) in [6, 6.07) is 6.76. The highest BCUT2D eigenvalue weighted by atomic mass is 16.7. The van der Waals surface area contributed by atoms with Gasteiger partial charge in [-0.2, -0.15) is 0 Å². The zero-order valence-electron chi connectivity index (χ0n) is 13.3. The van der Waals surface area contributed by atoms with Crippen molar-refractivity contribution in [1.82, 2.24) is 0 Å². The molecule has 1 aliphatic heterocycles. The third kappa shape index (κ3) is 2.21. The number of hydrogen-bond donors (Lipinski definition) is 0. The first-order valence-electron chi connectivity index (χ1n) is 7.78. The van der Waals surface area contributed by atoms with Crippen molar-refractivity contribution in [2.75, 3.05) is 0 Å². The van der Waals surface area contributed by atoms with Crippen LogP contribution in [0.15, 0.2) is 18.2 Å². The molecular formula is C17H25BO2. The average molecular weight is 272 g/mol. The number of fused-ring (bicyclic) bond motifs is 1. The molecule has 1 atom stereocenters. The first-order valence-corrected chi connectivity index (χ1v) is 7.78. The van der Waals surface area contributed by atoms with Crippen molar-refractivity contribution in [3.63, 3.8) is 0 Å². The predicted octanol–water partition coefficient (Wildman–Crippen LogP) is 3.43. The molecule has 1 aliphatic carbocycles. The summed E-state index contributed by atoms with van der Waals surface area (Å²) in [5.74, 6) is 0.686. The first-order chi connectivity index (χ1) is 9.30. The van der Waals surface area contributed by atoms with E-state index in [0.29, 0.717) is 5.92 Å². The molecule has 0 radical (unpaired) electrons. The largest absolute Gasteiger partial charge is 0.494 e. The molecule has 0 saturated carbocycles. The second-order valence-corrected chi connectivity index (χ2v) is 7.34. The van der Waals surface area contributed by atoms with Gasteiger partial charge in [-0.05, 0) is 69.5 Å². The number of rotatable bonds is 1. The highest BCUT2D eigenvalue weighted by Crippen LogP contribution is 2.37. The van der Waals surface area contributed by atoms with Crippen LogP contribution in [-0.4, -0.2) is 18.3 Å². The van der Waals surface area contributed by atoms with E-state index in [-0.39, 0.29) is 18.3 Å². The Labute approximate surface area is 123 Å². The minimum atomic E-state index is -0.263. The van der Waals surface area contributed by atoms with Gasteiger partial charge in [-0.3, -0.25) is 0 Å². The van der Waals surface area contributed by atoms with Gasteiger partial charge in [0.05, 0.1) is 11.2 Å². The molecule has 0 N–H and O–H groups in total. The predicted molar refractivity (Wildman–Crippen MR) is 83.5 cm³/mol. The summed E-state index contributed by atoms with van der Waals surface area (Å²) in [5.41, 5.74) is 3.63. The molecule has 1 saturated heterocycles. The second kappa shape index (κ2) is 4.61. The highest BCUT2D eigenvalue weighted by molar-refractivity contribution is 6.62. The lowest BCUT2D eigenvalue weighted by molar-refractivity contribution is 0.00578. The third-order valence-corrected chi connectivity index (χ3v) is 5.31. The fraction of sp³-hybridized carbons (Fsp3) is 0.647. The zero-order chi connectivity index (χ0) is 14.5. The molecule has 0 spiro atoms. The molecule has 2 nitrogen and oxygen atoms in total. The summed E-state index contributed by atoms with van der Waals surface area (Å²) in [6.45, 7) is 10.7. The molecule has 3 heteroatoms. The fourth-order valence-electron chi connectivity index (χ4n) is 3.20. The standard InChI is InChI=1S/C17H25BO2/c1-12-7-6-8-13-11-14(9-10-15(12)13)18-19-16(2,3)17(4,5)20-18/h9-12H,6-8H2,1-5H3. The molecule has 1 heterocycles. The normalized spacial score (nSPS) is 27.4. The number of aryl methyl sites for hydroxylation is 1. The molecule has 1 aromatic carbocycles. The quantitative estimate of drug-likeness (QED) is 0.729. The molecular weight excluding hydrogens is 247 g/mol. The second-order valence-electron chi connectivity index (χ2n) is 7.34. The van der Waals surface area contributed by atoms with Crippen molar-refractivity contribution in [2.45, 2.75) is 71.0 Å². The van der Waals surface area contributed by atoms with E-state index >= 15 is 0 Å². The Morgan fingerprint density at radius 3 is 2.40 bits per heavy atom. The number of benzene rings is 1. The van der Waals surface area contributed by atoms with Crippen molar-refractivity contribution in [2.24, 2.45) is 0 Å². The molecule has 1 aromatic rings. The Balaban J connectivity index is 1.90. The van der Waals surface area contributed by atoms with Crippen LogP contribution in [-0.2, 0) is 15.7 Å². The summed E-state index contributed by atoms with van der Waals surface area (Å²) >= 11 is 0. The van der Waals surface area contributed by atoms with Gasteiger partial charge in [0.1, 0.15) is 0 Å². The summed E-state index contributed by atoms with van der Waals surface area (Å²) in [4.78, 5) is 0. The van der Waals surface area contributed by atoms with Crippen molar-refractivity contribution in [1.29, 1.82) is 0 Å². The van der Waals surface area contributed by atoms with Gasteiger partial charge in [0.2, 0.25) is 0 Å². The van der Waals surface area contributed by atoms with Crippen LogP contribution in [0.1, 0.15) is 64.5 Å². The Hall–Kier alpha value is -0.795. The third-order valence-electron chi connectivity index (χ3n) is 5.31. The van der Waals surface area contributed by atoms with Gasteiger partial charge in [0.25, 0.3) is 0 Å². The Morgan fingerprint density at radius 1 is 1.10 bits per heavy atom. The van der Waals surface area contributed by atoms with E-state index in [0.717, 1.165) is 5.46 Å². The van der Waals surface area contributed by atoms with Crippen LogP contribution in [0.2, 0.25) is 0 Å². The van der Waals surface area contributed by atoms with E-state index in [1.165, 1.54) is 30.4 Å². The summed E-state index contributed by atoms with van der Waals surface area (Å²) in [7, 11) is -0.234. The van der Waals surface area contributed by atoms with E-state index in [1.54, 1.807) is 0 Å². The minimum Gasteiger partial charge on any atom is -0.399 e. The van der Waals surface area contributed by atoms with Crippen molar-refractivity contribution < 1.29 is 9.31 Å². The van der Waals surface area contributed by atoms with Gasteiger partial charge in [-0.25, -0.2) is 0 Å². The van der Waals surface area contributed by atoms with Gasteiger partial charge < -0.3 is 9.31 Å². The highest BCUT2D eigenvalue weighted by Gasteiger charge is 2.51. The van der Waals surface area contributed by atoms with Crippen molar-refractivity contribution in [3.8, 4) is 0 Å². The summed E-state index contributed by atoms with van der Waals surface area (Å²) in [5, 5.41) is 0. The summed E-state index contributed by atoms with van der Waals surface area (Å²) < 4.78 is 12.3. The van der Waals surface area contributed by atoms with Crippen molar-refractivity contribution in [3.05, 3.63) is 29.3 Å². The zero-order valence-corrected chi connectivity index (χ0v) is 13.3. The Morgan fingerprint density at radius 2 is 1.75 bits per heavy atom. The molecule has 0 amide bonds. The van der Waals surface area contributed by atoms with Crippen LogP contribution < -0.4 is 5.46 Å². The lowest BCUT2D eigenvalue weighted by atomic mass is 9.74. The first kappa shape index (κ1) is 14.2. The van der Waals surface area contributed by atoms with Crippen LogP contribution in [0.4, 0.5) is 0 Å². The fourth-order valence-corrected chi connectivity index (χ4v) is 3.20. The lowest BCUT2D eigenvalue weighted by Gasteiger charge is -2.32. The van der Waals surface area contributed by atoms with E-state index in [4.69, 9.17) is 9.31 Å². The van der Waals surface area contributed by atoms with Gasteiger partial charge in [-0.1, -0.05) is 25.1 Å². The molecule has 1 unspecified atom stereocenters. The van der Waals surface area contributed by atoms with E-state index < -0.39 is 0 Å². The maximum atomic E-state index is 6.15. The van der Waals surface area contributed by atoms with Crippen LogP contribution in [0, 0.1) is 0 Å². The molecule has 2 aliphatic rings. The van der Waals surface area contributed by atoms with Crippen LogP contribution in [0.25, 0.3) is 0 Å². The van der Waals surface area contributed by atoms with Gasteiger partial charge >= 0.3 is 7.12 Å². The number of hydrogen-bond acceptors (Lipinski definition) is 2. The minimum absolute atomic E-state index is 0.234. The maximum Gasteiger partial charge on any atom is 0.494 e. The molecule has 0 bridgehead atoms. The molecule has 0 aromatic heterocycles. The summed E-state index contributed by atoms with van der Waals surface area (Å²) in [6.07, 6.45) is 3.79. The SMILES string of the molecule is CC1CCCc2cc(B3OC(C)(C)C(C)(C)O3)ccc21. The molecule has 3 rings (SSSR count). The smallest absolute Gasteiger partial charge is 0.399 e. The van der Waals surface area contributed by atoms with E-state index in [2.05, 4.69) is 52.8 Å².